The number of unbranched alkanes of at least 4 members (excludes halogenated alkanes) is 4. The number of carbonyl (C=O) groups excluding carboxylic acids is 2. The van der Waals surface area contributed by atoms with Crippen LogP contribution >= 0.6 is 0 Å². The van der Waals surface area contributed by atoms with Crippen LogP contribution in [0.5, 0.6) is 0 Å². The average Bonchev–Trinajstić information content (AvgIpc) is 2.70. The smallest absolute Gasteiger partial charge is 0.338 e. The minimum atomic E-state index is -0.337. The van der Waals surface area contributed by atoms with E-state index in [1.54, 1.807) is 36.2 Å². The number of ether oxygens (including phenoxy) is 1. The van der Waals surface area contributed by atoms with E-state index in [2.05, 4.69) is 6.92 Å². The number of esters is 1. The third-order valence-corrected chi connectivity index (χ3v) is 4.30. The number of benzene rings is 2. The van der Waals surface area contributed by atoms with Crippen molar-refractivity contribution in [1.82, 2.24) is 0 Å². The van der Waals surface area contributed by atoms with Crippen LogP contribution in [0.3, 0.4) is 0 Å². The van der Waals surface area contributed by atoms with Crippen molar-refractivity contribution in [3.63, 3.8) is 0 Å². The van der Waals surface area contributed by atoms with E-state index in [-0.39, 0.29) is 11.9 Å². The van der Waals surface area contributed by atoms with Gasteiger partial charge in [-0.25, -0.2) is 4.79 Å². The second-order valence-corrected chi connectivity index (χ2v) is 6.33. The third-order valence-electron chi connectivity index (χ3n) is 4.30. The Balaban J connectivity index is 1.87. The molecule has 0 atom stereocenters. The fourth-order valence-electron chi connectivity index (χ4n) is 2.67. The largest absolute Gasteiger partial charge is 0.462 e. The molecule has 0 spiro atoms. The van der Waals surface area contributed by atoms with E-state index < -0.39 is 0 Å². The molecule has 0 heterocycles. The normalized spacial score (nSPS) is 10.4. The Morgan fingerprint density at radius 2 is 1.46 bits per heavy atom. The second-order valence-electron chi connectivity index (χ2n) is 6.33. The summed E-state index contributed by atoms with van der Waals surface area (Å²) < 4.78 is 5.29. The van der Waals surface area contributed by atoms with Crippen molar-refractivity contribution in [2.75, 3.05) is 18.6 Å². The van der Waals surface area contributed by atoms with Crippen LogP contribution in [0.25, 0.3) is 0 Å². The molecule has 0 N–H and O–H groups in total. The van der Waals surface area contributed by atoms with Crippen molar-refractivity contribution in [3.05, 3.63) is 65.7 Å². The molecule has 1 amide bonds. The average molecular weight is 353 g/mol. The van der Waals surface area contributed by atoms with E-state index >= 15 is 0 Å². The number of nitrogens with zero attached hydrogens (tertiary/aromatic N) is 1. The Bertz CT molecular complexity index is 695. The van der Waals surface area contributed by atoms with Crippen molar-refractivity contribution < 1.29 is 14.3 Å². The number of amides is 1. The Morgan fingerprint density at radius 1 is 0.846 bits per heavy atom. The fourth-order valence-corrected chi connectivity index (χ4v) is 2.67. The molecule has 0 saturated heterocycles. The van der Waals surface area contributed by atoms with Crippen LogP contribution in [0.4, 0.5) is 5.69 Å². The molecule has 2 aromatic carbocycles. The Labute approximate surface area is 155 Å². The zero-order chi connectivity index (χ0) is 18.8. The highest BCUT2D eigenvalue weighted by Crippen LogP contribution is 2.15. The molecule has 0 aliphatic carbocycles. The van der Waals surface area contributed by atoms with Gasteiger partial charge in [-0.15, -0.1) is 0 Å². The van der Waals surface area contributed by atoms with Crippen molar-refractivity contribution >= 4 is 17.6 Å². The van der Waals surface area contributed by atoms with Crippen LogP contribution in [-0.4, -0.2) is 25.5 Å². The van der Waals surface area contributed by atoms with Gasteiger partial charge in [0.25, 0.3) is 5.91 Å². The standard InChI is InChI=1S/C22H27NO3/c1-3-4-5-6-10-17-26-22(25)19-15-13-18(14-16-19)21(24)23(2)20-11-8-7-9-12-20/h7-9,11-16H,3-6,10,17H2,1-2H3. The lowest BCUT2D eigenvalue weighted by Gasteiger charge is -2.17. The molecule has 0 unspecified atom stereocenters. The summed E-state index contributed by atoms with van der Waals surface area (Å²) in [5, 5.41) is 0. The quantitative estimate of drug-likeness (QED) is 0.466. The van der Waals surface area contributed by atoms with Gasteiger partial charge in [0.1, 0.15) is 0 Å². The van der Waals surface area contributed by atoms with Gasteiger partial charge >= 0.3 is 5.97 Å². The molecule has 0 radical (unpaired) electrons. The molecular weight excluding hydrogens is 326 g/mol. The maximum absolute atomic E-state index is 12.5. The summed E-state index contributed by atoms with van der Waals surface area (Å²) in [5.41, 5.74) is 1.83. The van der Waals surface area contributed by atoms with Gasteiger partial charge in [0.15, 0.2) is 0 Å². The maximum atomic E-state index is 12.5. The molecule has 2 rings (SSSR count). The molecule has 0 aliphatic heterocycles. The van der Waals surface area contributed by atoms with E-state index in [1.807, 2.05) is 30.3 Å². The fraction of sp³-hybridized carbons (Fsp3) is 0.364. The third kappa shape index (κ3) is 5.73. The lowest BCUT2D eigenvalue weighted by Crippen LogP contribution is -2.26. The van der Waals surface area contributed by atoms with E-state index in [1.165, 1.54) is 19.3 Å². The highest BCUT2D eigenvalue weighted by atomic mass is 16.5. The summed E-state index contributed by atoms with van der Waals surface area (Å²) >= 11 is 0. The predicted molar refractivity (Wildman–Crippen MR) is 105 cm³/mol. The molecule has 0 fully saturated rings. The zero-order valence-electron chi connectivity index (χ0n) is 15.6. The molecule has 0 saturated carbocycles. The molecular formula is C22H27NO3. The number of anilines is 1. The van der Waals surface area contributed by atoms with Gasteiger partial charge in [0.2, 0.25) is 0 Å². The molecule has 0 bridgehead atoms. The second kappa shape index (κ2) is 10.4. The van der Waals surface area contributed by atoms with Gasteiger partial charge in [-0.1, -0.05) is 50.8 Å². The maximum Gasteiger partial charge on any atom is 0.338 e. The first-order valence-corrected chi connectivity index (χ1v) is 9.23. The zero-order valence-corrected chi connectivity index (χ0v) is 15.6. The summed E-state index contributed by atoms with van der Waals surface area (Å²) in [4.78, 5) is 26.2. The molecule has 0 aromatic heterocycles. The predicted octanol–water partition coefficient (Wildman–Crippen LogP) is 5.09. The minimum absolute atomic E-state index is 0.118. The number of hydrogen-bond acceptors (Lipinski definition) is 3. The van der Waals surface area contributed by atoms with Gasteiger partial charge in [-0.05, 0) is 42.8 Å². The van der Waals surface area contributed by atoms with E-state index in [0.29, 0.717) is 17.7 Å². The van der Waals surface area contributed by atoms with Crippen molar-refractivity contribution in [1.29, 1.82) is 0 Å². The van der Waals surface area contributed by atoms with Crippen LogP contribution in [0, 0.1) is 0 Å². The number of para-hydroxylation sites is 1. The van der Waals surface area contributed by atoms with Gasteiger partial charge in [-0.2, -0.15) is 0 Å². The van der Waals surface area contributed by atoms with Crippen LogP contribution in [0.2, 0.25) is 0 Å². The van der Waals surface area contributed by atoms with Crippen molar-refractivity contribution in [3.8, 4) is 0 Å². The molecule has 4 heteroatoms. The molecule has 138 valence electrons. The first kappa shape index (κ1) is 19.7. The summed E-state index contributed by atoms with van der Waals surface area (Å²) in [6, 6.07) is 16.1. The van der Waals surface area contributed by atoms with E-state index in [0.717, 1.165) is 18.5 Å². The van der Waals surface area contributed by atoms with Crippen LogP contribution in [-0.2, 0) is 4.74 Å². The van der Waals surface area contributed by atoms with Crippen LogP contribution in [0.1, 0.15) is 59.7 Å². The summed E-state index contributed by atoms with van der Waals surface area (Å²) in [7, 11) is 1.73. The summed E-state index contributed by atoms with van der Waals surface area (Å²) in [6.07, 6.45) is 5.58. The van der Waals surface area contributed by atoms with Crippen LogP contribution in [0.15, 0.2) is 54.6 Å². The Kier molecular flexibility index (Phi) is 7.87. The molecule has 26 heavy (non-hydrogen) atoms. The SMILES string of the molecule is CCCCCCCOC(=O)c1ccc(C(=O)N(C)c2ccccc2)cc1. The monoisotopic (exact) mass is 353 g/mol. The van der Waals surface area contributed by atoms with E-state index in [4.69, 9.17) is 4.74 Å². The van der Waals surface area contributed by atoms with Gasteiger partial charge in [0.05, 0.1) is 12.2 Å². The van der Waals surface area contributed by atoms with Crippen LogP contribution < -0.4 is 4.90 Å². The van der Waals surface area contributed by atoms with Crippen molar-refractivity contribution in [2.45, 2.75) is 39.0 Å². The Hall–Kier alpha value is -2.62. The first-order valence-electron chi connectivity index (χ1n) is 9.23. The number of carbonyl (C=O) groups is 2. The van der Waals surface area contributed by atoms with Gasteiger partial charge < -0.3 is 9.64 Å². The first-order chi connectivity index (χ1) is 12.6. The molecule has 4 nitrogen and oxygen atoms in total. The number of hydrogen-bond donors (Lipinski definition) is 0. The lowest BCUT2D eigenvalue weighted by atomic mass is 10.1. The number of rotatable bonds is 9. The van der Waals surface area contributed by atoms with Gasteiger partial charge in [-0.3, -0.25) is 4.79 Å². The van der Waals surface area contributed by atoms with Gasteiger partial charge in [0, 0.05) is 18.3 Å². The lowest BCUT2D eigenvalue weighted by molar-refractivity contribution is 0.0497. The topological polar surface area (TPSA) is 46.6 Å². The highest BCUT2D eigenvalue weighted by Gasteiger charge is 2.14. The Morgan fingerprint density at radius 3 is 2.12 bits per heavy atom. The van der Waals surface area contributed by atoms with E-state index in [9.17, 15) is 9.59 Å². The summed E-state index contributed by atoms with van der Waals surface area (Å²) in [5.74, 6) is -0.456. The molecule has 0 aliphatic rings. The molecule has 2 aromatic rings. The van der Waals surface area contributed by atoms with Crippen molar-refractivity contribution in [2.24, 2.45) is 0 Å². The highest BCUT2D eigenvalue weighted by molar-refractivity contribution is 6.06. The summed E-state index contributed by atoms with van der Waals surface area (Å²) in [6.45, 7) is 2.62. The minimum Gasteiger partial charge on any atom is -0.462 e.